The number of nitrogens with zero attached hydrogens (tertiary/aromatic N) is 1. The van der Waals surface area contributed by atoms with Crippen LogP contribution in [0.1, 0.15) is 32.6 Å². The molecule has 1 unspecified atom stereocenters. The molecule has 21 heavy (non-hydrogen) atoms. The minimum Gasteiger partial charge on any atom is -0.313 e. The molecule has 0 aliphatic carbocycles. The maximum absolute atomic E-state index is 12.8. The normalized spacial score (nSPS) is 19.3. The van der Waals surface area contributed by atoms with E-state index in [4.69, 9.17) is 0 Å². The molecule has 1 heterocycles. The first-order valence-electron chi connectivity index (χ1n) is 7.53. The molecule has 1 saturated heterocycles. The summed E-state index contributed by atoms with van der Waals surface area (Å²) in [6.45, 7) is 4.23. The van der Waals surface area contributed by atoms with Crippen LogP contribution in [0.4, 0.5) is 0 Å². The first-order valence-corrected chi connectivity index (χ1v) is 9.76. The number of sulfonamides is 1. The van der Waals surface area contributed by atoms with Crippen LogP contribution in [-0.4, -0.2) is 38.4 Å². The molecule has 1 fully saturated rings. The summed E-state index contributed by atoms with van der Waals surface area (Å²) in [6.07, 6.45) is 4.07. The summed E-state index contributed by atoms with van der Waals surface area (Å²) in [6, 6.07) is 7.17. The van der Waals surface area contributed by atoms with Crippen LogP contribution in [0.15, 0.2) is 33.6 Å². The van der Waals surface area contributed by atoms with Crippen molar-refractivity contribution in [3.8, 4) is 0 Å². The second kappa shape index (κ2) is 7.72. The van der Waals surface area contributed by atoms with Crippen molar-refractivity contribution in [2.24, 2.45) is 0 Å². The highest BCUT2D eigenvalue weighted by Gasteiger charge is 2.27. The molecular formula is C15H23BrN2O2S. The molecule has 0 amide bonds. The molecule has 0 spiro atoms. The summed E-state index contributed by atoms with van der Waals surface area (Å²) in [7, 11) is -3.41. The molecule has 0 radical (unpaired) electrons. The molecule has 1 aromatic rings. The zero-order valence-corrected chi connectivity index (χ0v) is 14.8. The van der Waals surface area contributed by atoms with Crippen LogP contribution in [0.3, 0.4) is 0 Å². The SMILES string of the molecule is CCCCN(CC1CCCN1)S(=O)(=O)c1ccc(Br)cc1. The zero-order valence-electron chi connectivity index (χ0n) is 12.4. The largest absolute Gasteiger partial charge is 0.313 e. The van der Waals surface area contributed by atoms with Crippen molar-refractivity contribution in [3.63, 3.8) is 0 Å². The van der Waals surface area contributed by atoms with E-state index in [-0.39, 0.29) is 6.04 Å². The van der Waals surface area contributed by atoms with Gasteiger partial charge in [0.2, 0.25) is 10.0 Å². The number of rotatable bonds is 7. The van der Waals surface area contributed by atoms with Gasteiger partial charge in [-0.15, -0.1) is 0 Å². The summed E-state index contributed by atoms with van der Waals surface area (Å²) in [5.74, 6) is 0. The van der Waals surface area contributed by atoms with Crippen molar-refractivity contribution in [2.45, 2.75) is 43.5 Å². The Morgan fingerprint density at radius 1 is 1.33 bits per heavy atom. The Morgan fingerprint density at radius 3 is 2.62 bits per heavy atom. The van der Waals surface area contributed by atoms with Crippen LogP contribution in [0, 0.1) is 0 Å². The lowest BCUT2D eigenvalue weighted by Crippen LogP contribution is -2.41. The van der Waals surface area contributed by atoms with E-state index in [2.05, 4.69) is 28.2 Å². The monoisotopic (exact) mass is 374 g/mol. The van der Waals surface area contributed by atoms with E-state index in [1.54, 1.807) is 28.6 Å². The molecule has 6 heteroatoms. The number of hydrogen-bond donors (Lipinski definition) is 1. The van der Waals surface area contributed by atoms with Gasteiger partial charge in [0.05, 0.1) is 4.90 Å². The molecular weight excluding hydrogens is 352 g/mol. The molecule has 4 nitrogen and oxygen atoms in total. The Bertz CT molecular complexity index is 539. The minimum atomic E-state index is -3.41. The number of benzene rings is 1. The van der Waals surface area contributed by atoms with E-state index in [1.807, 2.05) is 0 Å². The van der Waals surface area contributed by atoms with Gasteiger partial charge in [-0.05, 0) is 50.1 Å². The lowest BCUT2D eigenvalue weighted by molar-refractivity contribution is 0.364. The first kappa shape index (κ1) is 16.9. The number of nitrogens with one attached hydrogen (secondary N) is 1. The molecule has 2 rings (SSSR count). The quantitative estimate of drug-likeness (QED) is 0.797. The highest BCUT2D eigenvalue weighted by Crippen LogP contribution is 2.20. The lowest BCUT2D eigenvalue weighted by atomic mass is 10.2. The molecule has 0 aromatic heterocycles. The van der Waals surface area contributed by atoms with Crippen LogP contribution < -0.4 is 5.32 Å². The summed E-state index contributed by atoms with van der Waals surface area (Å²) in [5, 5.41) is 3.38. The van der Waals surface area contributed by atoms with Crippen LogP contribution in [0.25, 0.3) is 0 Å². The molecule has 1 aliphatic rings. The van der Waals surface area contributed by atoms with Crippen molar-refractivity contribution in [3.05, 3.63) is 28.7 Å². The smallest absolute Gasteiger partial charge is 0.243 e. The van der Waals surface area contributed by atoms with Gasteiger partial charge in [-0.1, -0.05) is 29.3 Å². The highest BCUT2D eigenvalue weighted by atomic mass is 79.9. The second-order valence-electron chi connectivity index (χ2n) is 5.46. The third-order valence-electron chi connectivity index (χ3n) is 3.80. The van der Waals surface area contributed by atoms with Crippen molar-refractivity contribution in [2.75, 3.05) is 19.6 Å². The van der Waals surface area contributed by atoms with Gasteiger partial charge in [-0.3, -0.25) is 0 Å². The molecule has 0 saturated carbocycles. The summed E-state index contributed by atoms with van der Waals surface area (Å²) in [4.78, 5) is 0.375. The number of hydrogen-bond acceptors (Lipinski definition) is 3. The Morgan fingerprint density at radius 2 is 2.05 bits per heavy atom. The summed E-state index contributed by atoms with van der Waals surface area (Å²) < 4.78 is 28.2. The zero-order chi connectivity index (χ0) is 15.3. The van der Waals surface area contributed by atoms with Gasteiger partial charge in [0.25, 0.3) is 0 Å². The van der Waals surface area contributed by atoms with Gasteiger partial charge in [-0.25, -0.2) is 8.42 Å². The third kappa shape index (κ3) is 4.52. The first-order chi connectivity index (χ1) is 10.0. The maximum atomic E-state index is 12.8. The van der Waals surface area contributed by atoms with Gasteiger partial charge in [0.1, 0.15) is 0 Å². The summed E-state index contributed by atoms with van der Waals surface area (Å²) >= 11 is 3.34. The van der Waals surface area contributed by atoms with E-state index in [0.29, 0.717) is 18.0 Å². The van der Waals surface area contributed by atoms with Crippen molar-refractivity contribution in [1.29, 1.82) is 0 Å². The lowest BCUT2D eigenvalue weighted by Gasteiger charge is -2.25. The standard InChI is InChI=1S/C15H23BrN2O2S/c1-2-3-11-18(12-14-5-4-10-17-14)21(19,20)15-8-6-13(16)7-9-15/h6-9,14,17H,2-5,10-12H2,1H3. The summed E-state index contributed by atoms with van der Waals surface area (Å²) in [5.41, 5.74) is 0. The van der Waals surface area contributed by atoms with E-state index >= 15 is 0 Å². The van der Waals surface area contributed by atoms with E-state index < -0.39 is 10.0 Å². The van der Waals surface area contributed by atoms with Crippen LogP contribution in [-0.2, 0) is 10.0 Å². The molecule has 1 aromatic carbocycles. The Hall–Kier alpha value is -0.430. The molecule has 1 N–H and O–H groups in total. The molecule has 0 bridgehead atoms. The number of halogens is 1. The fraction of sp³-hybridized carbons (Fsp3) is 0.600. The van der Waals surface area contributed by atoms with Crippen molar-refractivity contribution in [1.82, 2.24) is 9.62 Å². The van der Waals surface area contributed by atoms with Gasteiger partial charge >= 0.3 is 0 Å². The van der Waals surface area contributed by atoms with Gasteiger partial charge < -0.3 is 5.32 Å². The molecule has 1 aliphatic heterocycles. The Kier molecular flexibility index (Phi) is 6.22. The third-order valence-corrected chi connectivity index (χ3v) is 6.21. The topological polar surface area (TPSA) is 49.4 Å². The van der Waals surface area contributed by atoms with E-state index in [0.717, 1.165) is 36.7 Å². The van der Waals surface area contributed by atoms with Crippen LogP contribution >= 0.6 is 15.9 Å². The average Bonchev–Trinajstić information content (AvgIpc) is 2.96. The van der Waals surface area contributed by atoms with E-state index in [1.165, 1.54) is 0 Å². The average molecular weight is 375 g/mol. The maximum Gasteiger partial charge on any atom is 0.243 e. The van der Waals surface area contributed by atoms with Crippen LogP contribution in [0.2, 0.25) is 0 Å². The number of unbranched alkanes of at least 4 members (excludes halogenated alkanes) is 1. The van der Waals surface area contributed by atoms with Gasteiger partial charge in [0, 0.05) is 23.6 Å². The molecule has 1 atom stereocenters. The Balaban J connectivity index is 2.18. The predicted octanol–water partition coefficient (Wildman–Crippen LogP) is 2.99. The van der Waals surface area contributed by atoms with Crippen molar-refractivity contribution >= 4 is 26.0 Å². The minimum absolute atomic E-state index is 0.284. The van der Waals surface area contributed by atoms with E-state index in [9.17, 15) is 8.42 Å². The second-order valence-corrected chi connectivity index (χ2v) is 8.32. The fourth-order valence-corrected chi connectivity index (χ4v) is 4.35. The van der Waals surface area contributed by atoms with Crippen LogP contribution in [0.5, 0.6) is 0 Å². The van der Waals surface area contributed by atoms with Crippen molar-refractivity contribution < 1.29 is 8.42 Å². The highest BCUT2D eigenvalue weighted by molar-refractivity contribution is 9.10. The fourth-order valence-electron chi connectivity index (χ4n) is 2.56. The Labute approximate surface area is 136 Å². The molecule has 118 valence electrons. The van der Waals surface area contributed by atoms with Gasteiger partial charge in [0.15, 0.2) is 0 Å². The predicted molar refractivity (Wildman–Crippen MR) is 88.8 cm³/mol. The van der Waals surface area contributed by atoms with Gasteiger partial charge in [-0.2, -0.15) is 4.31 Å².